The number of nitrogens with one attached hydrogen (secondary N) is 1. The van der Waals surface area contributed by atoms with Gasteiger partial charge in [0.05, 0.1) is 18.6 Å². The monoisotopic (exact) mass is 517 g/mol. The summed E-state index contributed by atoms with van der Waals surface area (Å²) in [7, 11) is -3.78. The Hall–Kier alpha value is -3.07. The van der Waals surface area contributed by atoms with Crippen molar-refractivity contribution in [3.8, 4) is 5.75 Å². The Labute approximate surface area is 215 Å². The van der Waals surface area contributed by atoms with Gasteiger partial charge in [-0.05, 0) is 56.0 Å². The molecule has 0 aliphatic carbocycles. The van der Waals surface area contributed by atoms with Crippen LogP contribution < -0.4 is 14.4 Å². The highest BCUT2D eigenvalue weighted by molar-refractivity contribution is 7.92. The largest absolute Gasteiger partial charge is 0.494 e. The van der Waals surface area contributed by atoms with Crippen LogP contribution in [0.3, 0.4) is 0 Å². The lowest BCUT2D eigenvalue weighted by Gasteiger charge is -2.33. The van der Waals surface area contributed by atoms with Crippen LogP contribution >= 0.6 is 0 Å². The van der Waals surface area contributed by atoms with Crippen LogP contribution in [0.2, 0.25) is 0 Å². The molecule has 1 atom stereocenters. The highest BCUT2D eigenvalue weighted by Crippen LogP contribution is 2.23. The van der Waals surface area contributed by atoms with E-state index in [2.05, 4.69) is 5.32 Å². The number of nitrogens with zero attached hydrogens (tertiary/aromatic N) is 2. The molecule has 0 heterocycles. The van der Waals surface area contributed by atoms with Gasteiger partial charge in [-0.1, -0.05) is 50.6 Å². The minimum Gasteiger partial charge on any atom is -0.494 e. The number of benzene rings is 2. The van der Waals surface area contributed by atoms with Gasteiger partial charge in [0.15, 0.2) is 0 Å². The molecule has 2 amide bonds. The van der Waals surface area contributed by atoms with Crippen molar-refractivity contribution in [3.05, 3.63) is 59.7 Å². The number of aryl methyl sites for hydroxylation is 1. The first-order valence-corrected chi connectivity index (χ1v) is 14.1. The molecule has 1 N–H and O–H groups in total. The van der Waals surface area contributed by atoms with E-state index in [1.165, 1.54) is 4.90 Å². The predicted octanol–water partition coefficient (Wildman–Crippen LogP) is 3.74. The molecule has 0 aliphatic rings. The zero-order valence-electron chi connectivity index (χ0n) is 22.2. The smallest absolute Gasteiger partial charge is 0.244 e. The van der Waals surface area contributed by atoms with E-state index in [1.54, 1.807) is 24.3 Å². The van der Waals surface area contributed by atoms with Gasteiger partial charge in [0.2, 0.25) is 21.8 Å². The molecule has 2 aromatic rings. The van der Waals surface area contributed by atoms with Crippen molar-refractivity contribution in [2.75, 3.05) is 30.3 Å². The Bertz CT molecular complexity index is 1100. The maximum Gasteiger partial charge on any atom is 0.244 e. The van der Waals surface area contributed by atoms with Crippen molar-refractivity contribution in [3.63, 3.8) is 0 Å². The summed E-state index contributed by atoms with van der Waals surface area (Å²) in [5.41, 5.74) is 2.29. The molecule has 198 valence electrons. The van der Waals surface area contributed by atoms with Crippen LogP contribution in [-0.4, -0.2) is 57.1 Å². The molecule has 8 nitrogen and oxygen atoms in total. The lowest BCUT2D eigenvalue weighted by atomic mass is 10.1. The summed E-state index contributed by atoms with van der Waals surface area (Å²) < 4.78 is 31.9. The first-order valence-electron chi connectivity index (χ1n) is 12.3. The van der Waals surface area contributed by atoms with Crippen LogP contribution in [0.25, 0.3) is 0 Å². The lowest BCUT2D eigenvalue weighted by molar-refractivity contribution is -0.140. The summed E-state index contributed by atoms with van der Waals surface area (Å²) in [6.45, 7) is 10.4. The van der Waals surface area contributed by atoms with Crippen LogP contribution in [0.4, 0.5) is 5.69 Å². The molecule has 2 rings (SSSR count). The highest BCUT2D eigenvalue weighted by Gasteiger charge is 2.31. The maximum atomic E-state index is 13.7. The Kier molecular flexibility index (Phi) is 10.8. The molecule has 0 aliphatic heterocycles. The summed E-state index contributed by atoms with van der Waals surface area (Å²) in [4.78, 5) is 28.2. The van der Waals surface area contributed by atoms with Crippen LogP contribution in [0.5, 0.6) is 5.75 Å². The maximum absolute atomic E-state index is 13.7. The van der Waals surface area contributed by atoms with Crippen molar-refractivity contribution in [1.82, 2.24) is 10.2 Å². The molecule has 9 heteroatoms. The summed E-state index contributed by atoms with van der Waals surface area (Å²) in [6.07, 6.45) is 1.46. The molecule has 0 bridgehead atoms. The summed E-state index contributed by atoms with van der Waals surface area (Å²) in [5.74, 6) is 0.156. The third-order valence-corrected chi connectivity index (χ3v) is 6.80. The molecular weight excluding hydrogens is 478 g/mol. The Morgan fingerprint density at radius 2 is 1.61 bits per heavy atom. The van der Waals surface area contributed by atoms with Crippen molar-refractivity contribution in [2.45, 2.75) is 53.6 Å². The average Bonchev–Trinajstić information content (AvgIpc) is 2.82. The van der Waals surface area contributed by atoms with Crippen molar-refractivity contribution < 1.29 is 22.7 Å². The first kappa shape index (κ1) is 29.2. The summed E-state index contributed by atoms with van der Waals surface area (Å²) >= 11 is 0. The number of rotatable bonds is 13. The zero-order valence-corrected chi connectivity index (χ0v) is 23.0. The minimum atomic E-state index is -3.78. The molecule has 0 unspecified atom stereocenters. The van der Waals surface area contributed by atoms with Crippen LogP contribution in [-0.2, 0) is 26.2 Å². The fraction of sp³-hybridized carbons (Fsp3) is 0.481. The molecule has 36 heavy (non-hydrogen) atoms. The topological polar surface area (TPSA) is 96.0 Å². The van der Waals surface area contributed by atoms with Gasteiger partial charge in [0.25, 0.3) is 0 Å². The molecule has 0 fully saturated rings. The number of amides is 2. The van der Waals surface area contributed by atoms with Gasteiger partial charge in [-0.3, -0.25) is 13.9 Å². The van der Waals surface area contributed by atoms with Gasteiger partial charge < -0.3 is 15.0 Å². The third-order valence-electron chi connectivity index (χ3n) is 5.66. The fourth-order valence-corrected chi connectivity index (χ4v) is 4.57. The van der Waals surface area contributed by atoms with E-state index in [1.807, 2.05) is 58.9 Å². The second-order valence-electron chi connectivity index (χ2n) is 9.27. The standard InChI is InChI=1S/C27H39N3O5S/c1-7-25(27(32)28-17-20(3)4)29(18-22-11-9-21(5)10-12-22)26(31)19-30(36(6,33)34)23-13-15-24(16-14-23)35-8-2/h9-16,20,25H,7-8,17-19H2,1-6H3,(H,28,32)/t25-/m1/s1. The molecule has 0 spiro atoms. The number of carbonyl (C=O) groups excluding carboxylic acids is 2. The predicted molar refractivity (Wildman–Crippen MR) is 143 cm³/mol. The normalized spacial score (nSPS) is 12.2. The van der Waals surface area contributed by atoms with Crippen molar-refractivity contribution in [2.24, 2.45) is 5.92 Å². The zero-order chi connectivity index (χ0) is 26.9. The van der Waals surface area contributed by atoms with E-state index in [9.17, 15) is 18.0 Å². The van der Waals surface area contributed by atoms with Crippen molar-refractivity contribution in [1.29, 1.82) is 0 Å². The number of carbonyl (C=O) groups is 2. The van der Waals surface area contributed by atoms with E-state index in [0.29, 0.717) is 31.0 Å². The number of anilines is 1. The minimum absolute atomic E-state index is 0.188. The fourth-order valence-electron chi connectivity index (χ4n) is 3.72. The van der Waals surface area contributed by atoms with Gasteiger partial charge >= 0.3 is 0 Å². The Morgan fingerprint density at radius 3 is 2.11 bits per heavy atom. The Balaban J connectivity index is 2.39. The molecule has 0 aromatic heterocycles. The number of hydrogen-bond donors (Lipinski definition) is 1. The van der Waals surface area contributed by atoms with E-state index in [0.717, 1.165) is 21.7 Å². The number of sulfonamides is 1. The SMILES string of the molecule is CCOc1ccc(N(CC(=O)N(Cc2ccc(C)cc2)[C@H](CC)C(=O)NCC(C)C)S(C)(=O)=O)cc1. The molecule has 2 aromatic carbocycles. The second kappa shape index (κ2) is 13.3. The van der Waals surface area contributed by atoms with E-state index >= 15 is 0 Å². The quantitative estimate of drug-likeness (QED) is 0.437. The van der Waals surface area contributed by atoms with E-state index in [4.69, 9.17) is 4.74 Å². The number of hydrogen-bond acceptors (Lipinski definition) is 5. The third kappa shape index (κ3) is 8.55. The first-order chi connectivity index (χ1) is 17.0. The van der Waals surface area contributed by atoms with E-state index < -0.39 is 28.5 Å². The Morgan fingerprint density at radius 1 is 1.00 bits per heavy atom. The molecule has 0 saturated carbocycles. The van der Waals surface area contributed by atoms with Crippen LogP contribution in [0.1, 0.15) is 45.2 Å². The summed E-state index contributed by atoms with van der Waals surface area (Å²) in [6, 6.07) is 13.5. The average molecular weight is 518 g/mol. The van der Waals surface area contributed by atoms with Crippen LogP contribution in [0, 0.1) is 12.8 Å². The summed E-state index contributed by atoms with van der Waals surface area (Å²) in [5, 5.41) is 2.92. The van der Waals surface area contributed by atoms with Gasteiger partial charge in [-0.25, -0.2) is 8.42 Å². The molecule has 0 radical (unpaired) electrons. The van der Waals surface area contributed by atoms with Gasteiger partial charge in [-0.2, -0.15) is 0 Å². The van der Waals surface area contributed by atoms with Crippen molar-refractivity contribution >= 4 is 27.5 Å². The van der Waals surface area contributed by atoms with E-state index in [-0.39, 0.29) is 18.4 Å². The van der Waals surface area contributed by atoms with Gasteiger partial charge in [-0.15, -0.1) is 0 Å². The second-order valence-corrected chi connectivity index (χ2v) is 11.2. The molecule has 0 saturated heterocycles. The van der Waals surface area contributed by atoms with Gasteiger partial charge in [0, 0.05) is 13.1 Å². The molecular formula is C27H39N3O5S. The highest BCUT2D eigenvalue weighted by atomic mass is 32.2. The van der Waals surface area contributed by atoms with Gasteiger partial charge in [0.1, 0.15) is 18.3 Å². The van der Waals surface area contributed by atoms with Crippen LogP contribution in [0.15, 0.2) is 48.5 Å². The number of ether oxygens (including phenoxy) is 1. The lowest BCUT2D eigenvalue weighted by Crippen LogP contribution is -2.52.